The lowest BCUT2D eigenvalue weighted by atomic mass is 10.1. The number of halogens is 3. The molecule has 1 aromatic heterocycles. The Balaban J connectivity index is 2.04. The molecule has 0 radical (unpaired) electrons. The monoisotopic (exact) mass is 376 g/mol. The number of fused-ring (bicyclic) bond motifs is 1. The van der Waals surface area contributed by atoms with Gasteiger partial charge < -0.3 is 9.32 Å². The summed E-state index contributed by atoms with van der Waals surface area (Å²) in [5.41, 5.74) is 3.61. The maximum Gasteiger partial charge on any atom is 0.471 e. The number of anilines is 1. The number of hydrogen-bond donors (Lipinski definition) is 0. The lowest BCUT2D eigenvalue weighted by molar-refractivity contribution is -0.170. The summed E-state index contributed by atoms with van der Waals surface area (Å²) in [5, 5.41) is 0. The van der Waals surface area contributed by atoms with E-state index in [0.717, 1.165) is 12.0 Å². The second-order valence-electron chi connectivity index (χ2n) is 6.23. The first-order valence-electron chi connectivity index (χ1n) is 8.63. The molecule has 0 aliphatic carbocycles. The highest BCUT2D eigenvalue weighted by atomic mass is 19.4. The standard InChI is InChI=1S/C20H19F3N2O2/c1-4-13-6-8-14(9-7-13)18-24-16-11-15(10-12(3)17(16)27-18)25(5-2)19(26)20(21,22)23/h6-11H,4-5H2,1-3H3. The van der Waals surface area contributed by atoms with Gasteiger partial charge in [-0.3, -0.25) is 4.79 Å². The molecule has 7 heteroatoms. The molecular weight excluding hydrogens is 357 g/mol. The zero-order valence-electron chi connectivity index (χ0n) is 15.2. The van der Waals surface area contributed by atoms with E-state index < -0.39 is 12.1 Å². The number of carbonyl (C=O) groups is 1. The van der Waals surface area contributed by atoms with Crippen molar-refractivity contribution in [3.05, 3.63) is 47.5 Å². The molecule has 0 aliphatic heterocycles. The molecule has 0 N–H and O–H groups in total. The number of benzene rings is 2. The molecule has 0 spiro atoms. The van der Waals surface area contributed by atoms with E-state index in [1.165, 1.54) is 24.6 Å². The van der Waals surface area contributed by atoms with Crippen molar-refractivity contribution in [2.45, 2.75) is 33.4 Å². The lowest BCUT2D eigenvalue weighted by Crippen LogP contribution is -2.41. The van der Waals surface area contributed by atoms with Gasteiger partial charge in [-0.25, -0.2) is 4.98 Å². The first-order valence-corrected chi connectivity index (χ1v) is 8.63. The fraction of sp³-hybridized carbons (Fsp3) is 0.300. The van der Waals surface area contributed by atoms with E-state index in [-0.39, 0.29) is 12.2 Å². The van der Waals surface area contributed by atoms with Crippen LogP contribution >= 0.6 is 0 Å². The molecule has 2 aromatic carbocycles. The van der Waals surface area contributed by atoms with Gasteiger partial charge in [0.15, 0.2) is 5.58 Å². The highest BCUT2D eigenvalue weighted by Crippen LogP contribution is 2.32. The van der Waals surface area contributed by atoms with Crippen molar-refractivity contribution < 1.29 is 22.4 Å². The Kier molecular flexibility index (Phi) is 4.95. The molecule has 0 unspecified atom stereocenters. The second-order valence-corrected chi connectivity index (χ2v) is 6.23. The van der Waals surface area contributed by atoms with Crippen molar-refractivity contribution in [1.82, 2.24) is 4.98 Å². The quantitative estimate of drug-likeness (QED) is 0.622. The molecule has 0 bridgehead atoms. The van der Waals surface area contributed by atoms with Crippen LogP contribution in [0.25, 0.3) is 22.6 Å². The summed E-state index contributed by atoms with van der Waals surface area (Å²) in [6.07, 6.45) is -4.02. The van der Waals surface area contributed by atoms with Gasteiger partial charge in [-0.05, 0) is 55.7 Å². The molecule has 27 heavy (non-hydrogen) atoms. The van der Waals surface area contributed by atoms with Crippen LogP contribution < -0.4 is 4.90 Å². The number of carbonyl (C=O) groups excluding carboxylic acids is 1. The number of nitrogens with zero attached hydrogens (tertiary/aromatic N) is 2. The number of amides is 1. The first kappa shape index (κ1) is 18.9. The van der Waals surface area contributed by atoms with E-state index >= 15 is 0 Å². The Hall–Kier alpha value is -2.83. The first-order chi connectivity index (χ1) is 12.7. The van der Waals surface area contributed by atoms with Crippen molar-refractivity contribution >= 4 is 22.7 Å². The average Bonchev–Trinajstić information content (AvgIpc) is 3.06. The zero-order valence-corrected chi connectivity index (χ0v) is 15.2. The second kappa shape index (κ2) is 7.06. The Labute approximate surface area is 154 Å². The average molecular weight is 376 g/mol. The number of aromatic nitrogens is 1. The van der Waals surface area contributed by atoms with E-state index in [9.17, 15) is 18.0 Å². The predicted molar refractivity (Wildman–Crippen MR) is 97.6 cm³/mol. The molecular formula is C20H19F3N2O2. The van der Waals surface area contributed by atoms with E-state index in [4.69, 9.17) is 4.42 Å². The number of aryl methyl sites for hydroxylation is 2. The lowest BCUT2D eigenvalue weighted by Gasteiger charge is -2.22. The summed E-state index contributed by atoms with van der Waals surface area (Å²) in [7, 11) is 0. The Morgan fingerprint density at radius 3 is 2.37 bits per heavy atom. The van der Waals surface area contributed by atoms with E-state index in [1.807, 2.05) is 24.3 Å². The molecule has 3 rings (SSSR count). The van der Waals surface area contributed by atoms with Crippen molar-refractivity contribution in [3.8, 4) is 11.5 Å². The van der Waals surface area contributed by atoms with Gasteiger partial charge >= 0.3 is 12.1 Å². The van der Waals surface area contributed by atoms with Gasteiger partial charge in [0.1, 0.15) is 5.52 Å². The highest BCUT2D eigenvalue weighted by molar-refractivity contribution is 5.99. The number of hydrogen-bond acceptors (Lipinski definition) is 3. The van der Waals surface area contributed by atoms with Crippen LogP contribution in [0.2, 0.25) is 0 Å². The van der Waals surface area contributed by atoms with Gasteiger partial charge in [-0.2, -0.15) is 13.2 Å². The van der Waals surface area contributed by atoms with Crippen LogP contribution in [0.4, 0.5) is 18.9 Å². The Bertz CT molecular complexity index is 975. The maximum absolute atomic E-state index is 12.8. The van der Waals surface area contributed by atoms with Gasteiger partial charge in [0.05, 0.1) is 0 Å². The molecule has 0 saturated heterocycles. The highest BCUT2D eigenvalue weighted by Gasteiger charge is 2.42. The van der Waals surface area contributed by atoms with Crippen LogP contribution in [0, 0.1) is 6.92 Å². The minimum absolute atomic E-state index is 0.105. The third kappa shape index (κ3) is 3.67. The third-order valence-electron chi connectivity index (χ3n) is 4.39. The third-order valence-corrected chi connectivity index (χ3v) is 4.39. The van der Waals surface area contributed by atoms with Gasteiger partial charge in [-0.1, -0.05) is 19.1 Å². The number of oxazole rings is 1. The summed E-state index contributed by atoms with van der Waals surface area (Å²) in [5.74, 6) is -1.51. The van der Waals surface area contributed by atoms with Crippen molar-refractivity contribution in [2.24, 2.45) is 0 Å². The molecule has 1 heterocycles. The van der Waals surface area contributed by atoms with Gasteiger partial charge in [-0.15, -0.1) is 0 Å². The van der Waals surface area contributed by atoms with Crippen LogP contribution in [0.3, 0.4) is 0 Å². The van der Waals surface area contributed by atoms with Crippen LogP contribution in [-0.4, -0.2) is 23.6 Å². The van der Waals surface area contributed by atoms with Gasteiger partial charge in [0.2, 0.25) is 5.89 Å². The zero-order chi connectivity index (χ0) is 19.8. The van der Waals surface area contributed by atoms with Gasteiger partial charge in [0.25, 0.3) is 0 Å². The molecule has 0 fully saturated rings. The summed E-state index contributed by atoms with van der Waals surface area (Å²) in [6.45, 7) is 5.16. The fourth-order valence-corrected chi connectivity index (χ4v) is 2.94. The molecule has 3 aromatic rings. The van der Waals surface area contributed by atoms with Gasteiger partial charge in [0, 0.05) is 17.8 Å². The van der Waals surface area contributed by atoms with Crippen molar-refractivity contribution in [3.63, 3.8) is 0 Å². The van der Waals surface area contributed by atoms with Crippen LogP contribution in [0.5, 0.6) is 0 Å². The topological polar surface area (TPSA) is 46.3 Å². The molecule has 0 saturated carbocycles. The predicted octanol–water partition coefficient (Wildman–Crippen LogP) is 5.28. The molecule has 4 nitrogen and oxygen atoms in total. The summed E-state index contributed by atoms with van der Waals surface area (Å²) in [4.78, 5) is 16.8. The molecule has 0 atom stereocenters. The Morgan fingerprint density at radius 2 is 1.81 bits per heavy atom. The van der Waals surface area contributed by atoms with Crippen LogP contribution in [0.15, 0.2) is 40.8 Å². The minimum Gasteiger partial charge on any atom is -0.436 e. The van der Waals surface area contributed by atoms with Crippen molar-refractivity contribution in [1.29, 1.82) is 0 Å². The largest absolute Gasteiger partial charge is 0.471 e. The SMILES string of the molecule is CCc1ccc(-c2nc3cc(N(CC)C(=O)C(F)(F)F)cc(C)c3o2)cc1. The summed E-state index contributed by atoms with van der Waals surface area (Å²) in [6, 6.07) is 10.7. The van der Waals surface area contributed by atoms with Crippen molar-refractivity contribution in [2.75, 3.05) is 11.4 Å². The molecule has 0 aliphatic rings. The van der Waals surface area contributed by atoms with Crippen LogP contribution in [-0.2, 0) is 11.2 Å². The molecule has 1 amide bonds. The number of rotatable bonds is 4. The maximum atomic E-state index is 12.8. The smallest absolute Gasteiger partial charge is 0.436 e. The Morgan fingerprint density at radius 1 is 1.15 bits per heavy atom. The van der Waals surface area contributed by atoms with Crippen LogP contribution in [0.1, 0.15) is 25.0 Å². The summed E-state index contributed by atoms with van der Waals surface area (Å²) < 4.78 is 44.4. The van der Waals surface area contributed by atoms with E-state index in [2.05, 4.69) is 11.9 Å². The summed E-state index contributed by atoms with van der Waals surface area (Å²) >= 11 is 0. The molecule has 142 valence electrons. The number of alkyl halides is 3. The fourth-order valence-electron chi connectivity index (χ4n) is 2.94. The van der Waals surface area contributed by atoms with E-state index in [0.29, 0.717) is 27.5 Å². The minimum atomic E-state index is -4.94. The van der Waals surface area contributed by atoms with E-state index in [1.54, 1.807) is 6.92 Å². The normalized spacial score (nSPS) is 11.8.